The molecule has 0 saturated heterocycles. The average Bonchev–Trinajstić information content (AvgIpc) is 3.17. The van der Waals surface area contributed by atoms with Gasteiger partial charge in [-0.1, -0.05) is 0 Å². The van der Waals surface area contributed by atoms with E-state index in [9.17, 15) is 14.4 Å². The van der Waals surface area contributed by atoms with E-state index in [-0.39, 0.29) is 23.8 Å². The van der Waals surface area contributed by atoms with Crippen LogP contribution in [0.3, 0.4) is 0 Å². The first-order valence-corrected chi connectivity index (χ1v) is 10.6. The number of benzene rings is 1. The summed E-state index contributed by atoms with van der Waals surface area (Å²) in [6.45, 7) is 1.66. The highest BCUT2D eigenvalue weighted by atomic mass is 32.2. The lowest BCUT2D eigenvalue weighted by atomic mass is 10.2. The number of carbonyl (C=O) groups excluding carboxylic acids is 2. The Morgan fingerprint density at radius 1 is 1.31 bits per heavy atom. The summed E-state index contributed by atoms with van der Waals surface area (Å²) in [5.74, 6) is 0.589. The van der Waals surface area contributed by atoms with Gasteiger partial charge in [-0.05, 0) is 30.7 Å². The van der Waals surface area contributed by atoms with Gasteiger partial charge in [0.25, 0.3) is 5.56 Å². The van der Waals surface area contributed by atoms with E-state index in [1.165, 1.54) is 40.7 Å². The number of thioether (sulfide) groups is 1. The van der Waals surface area contributed by atoms with E-state index in [1.54, 1.807) is 24.4 Å². The molecule has 0 aliphatic carbocycles. The third-order valence-electron chi connectivity index (χ3n) is 3.90. The quantitative estimate of drug-likeness (QED) is 0.545. The molecular weight excluding hydrogens is 414 g/mol. The predicted molar refractivity (Wildman–Crippen MR) is 113 cm³/mol. The van der Waals surface area contributed by atoms with Gasteiger partial charge in [0.2, 0.25) is 5.91 Å². The van der Waals surface area contributed by atoms with Crippen molar-refractivity contribution in [1.29, 1.82) is 0 Å². The summed E-state index contributed by atoms with van der Waals surface area (Å²) in [7, 11) is 1.29. The van der Waals surface area contributed by atoms with Gasteiger partial charge in [0, 0.05) is 29.1 Å². The number of aromatic nitrogens is 2. The standard InChI is InChI=1S/C19H19N3O5S2/c1-12-7-14(27-9-18(25)26-2)3-4-15(12)21-16(23)11-28-10-13-8-17(24)22-5-6-29-19(22)20-13/h3-8H,9-11H2,1-2H3,(H,21,23). The first-order valence-electron chi connectivity index (χ1n) is 8.60. The summed E-state index contributed by atoms with van der Waals surface area (Å²) in [5.41, 5.74) is 2.00. The topological polar surface area (TPSA) is 99.0 Å². The number of esters is 1. The summed E-state index contributed by atoms with van der Waals surface area (Å²) in [6.07, 6.45) is 1.69. The molecule has 152 valence electrons. The zero-order chi connectivity index (χ0) is 20.8. The summed E-state index contributed by atoms with van der Waals surface area (Å²) in [6, 6.07) is 6.62. The van der Waals surface area contributed by atoms with Gasteiger partial charge in [0.1, 0.15) is 5.75 Å². The molecule has 0 atom stereocenters. The van der Waals surface area contributed by atoms with E-state index in [0.29, 0.717) is 27.8 Å². The second-order valence-electron chi connectivity index (χ2n) is 6.02. The van der Waals surface area contributed by atoms with Crippen LogP contribution in [-0.2, 0) is 20.1 Å². The van der Waals surface area contributed by atoms with Crippen LogP contribution in [0.15, 0.2) is 40.6 Å². The van der Waals surface area contributed by atoms with Crippen LogP contribution in [0.5, 0.6) is 5.75 Å². The van der Waals surface area contributed by atoms with Crippen molar-refractivity contribution >= 4 is 45.6 Å². The molecule has 2 heterocycles. The van der Waals surface area contributed by atoms with Crippen LogP contribution < -0.4 is 15.6 Å². The van der Waals surface area contributed by atoms with Crippen molar-refractivity contribution in [2.45, 2.75) is 12.7 Å². The Labute approximate surface area is 174 Å². The van der Waals surface area contributed by atoms with Crippen molar-refractivity contribution in [2.75, 3.05) is 24.8 Å². The number of rotatable bonds is 8. The van der Waals surface area contributed by atoms with E-state index in [4.69, 9.17) is 4.74 Å². The molecule has 10 heteroatoms. The predicted octanol–water partition coefficient (Wildman–Crippen LogP) is 2.49. The number of amides is 1. The third-order valence-corrected chi connectivity index (χ3v) is 5.62. The lowest BCUT2D eigenvalue weighted by molar-refractivity contribution is -0.142. The van der Waals surface area contributed by atoms with E-state index in [1.807, 2.05) is 12.3 Å². The third kappa shape index (κ3) is 5.58. The van der Waals surface area contributed by atoms with Crippen molar-refractivity contribution in [3.05, 3.63) is 57.5 Å². The highest BCUT2D eigenvalue weighted by Crippen LogP contribution is 2.22. The van der Waals surface area contributed by atoms with Crippen LogP contribution in [-0.4, -0.2) is 40.7 Å². The second kappa shape index (κ2) is 9.57. The fourth-order valence-electron chi connectivity index (χ4n) is 2.46. The number of hydrogen-bond acceptors (Lipinski definition) is 8. The van der Waals surface area contributed by atoms with Gasteiger partial charge in [-0.15, -0.1) is 23.1 Å². The van der Waals surface area contributed by atoms with Crippen molar-refractivity contribution in [3.8, 4) is 5.75 Å². The monoisotopic (exact) mass is 433 g/mol. The maximum Gasteiger partial charge on any atom is 0.343 e. The van der Waals surface area contributed by atoms with Crippen LogP contribution in [0.25, 0.3) is 4.96 Å². The molecular formula is C19H19N3O5S2. The molecule has 0 fully saturated rings. The number of methoxy groups -OCH3 is 1. The summed E-state index contributed by atoms with van der Waals surface area (Å²) in [5, 5.41) is 4.65. The SMILES string of the molecule is COC(=O)COc1ccc(NC(=O)CSCc2cc(=O)n3ccsc3n2)c(C)c1. The summed E-state index contributed by atoms with van der Waals surface area (Å²) >= 11 is 2.78. The Morgan fingerprint density at radius 3 is 2.90 bits per heavy atom. The number of hydrogen-bond donors (Lipinski definition) is 1. The van der Waals surface area contributed by atoms with Crippen molar-refractivity contribution < 1.29 is 19.1 Å². The van der Waals surface area contributed by atoms with E-state index >= 15 is 0 Å². The molecule has 2 aromatic heterocycles. The Hall–Kier alpha value is -2.85. The second-order valence-corrected chi connectivity index (χ2v) is 7.88. The van der Waals surface area contributed by atoms with Crippen LogP contribution in [0.4, 0.5) is 5.69 Å². The molecule has 0 saturated carbocycles. The number of aryl methyl sites for hydroxylation is 1. The Kier molecular flexibility index (Phi) is 6.89. The number of anilines is 1. The summed E-state index contributed by atoms with van der Waals surface area (Å²) < 4.78 is 11.3. The number of carbonyl (C=O) groups is 2. The van der Waals surface area contributed by atoms with Gasteiger partial charge in [-0.3, -0.25) is 14.0 Å². The van der Waals surface area contributed by atoms with E-state index < -0.39 is 5.97 Å². The molecule has 0 spiro atoms. The first-order chi connectivity index (χ1) is 14.0. The highest BCUT2D eigenvalue weighted by molar-refractivity contribution is 7.99. The molecule has 3 rings (SSSR count). The molecule has 29 heavy (non-hydrogen) atoms. The van der Waals surface area contributed by atoms with Crippen LogP contribution in [0.1, 0.15) is 11.3 Å². The number of thiazole rings is 1. The molecule has 0 unspecified atom stereocenters. The molecule has 3 aromatic rings. The average molecular weight is 434 g/mol. The van der Waals surface area contributed by atoms with Gasteiger partial charge in [-0.2, -0.15) is 0 Å². The Balaban J connectivity index is 1.51. The minimum Gasteiger partial charge on any atom is -0.482 e. The van der Waals surface area contributed by atoms with E-state index in [2.05, 4.69) is 15.0 Å². The number of nitrogens with zero attached hydrogens (tertiary/aromatic N) is 2. The fourth-order valence-corrected chi connectivity index (χ4v) is 3.92. The number of nitrogens with one attached hydrogen (secondary N) is 1. The molecule has 1 aromatic carbocycles. The molecule has 8 nitrogen and oxygen atoms in total. The minimum absolute atomic E-state index is 0.124. The maximum absolute atomic E-state index is 12.2. The van der Waals surface area contributed by atoms with Crippen LogP contribution in [0.2, 0.25) is 0 Å². The van der Waals surface area contributed by atoms with Gasteiger partial charge < -0.3 is 14.8 Å². The van der Waals surface area contributed by atoms with Crippen molar-refractivity contribution in [1.82, 2.24) is 9.38 Å². The van der Waals surface area contributed by atoms with Crippen molar-refractivity contribution in [2.24, 2.45) is 0 Å². The largest absolute Gasteiger partial charge is 0.482 e. The molecule has 0 bridgehead atoms. The molecule has 1 N–H and O–H groups in total. The van der Waals surface area contributed by atoms with Crippen LogP contribution >= 0.6 is 23.1 Å². The van der Waals surface area contributed by atoms with Crippen molar-refractivity contribution in [3.63, 3.8) is 0 Å². The zero-order valence-electron chi connectivity index (χ0n) is 15.8. The molecule has 0 aliphatic heterocycles. The normalized spacial score (nSPS) is 10.7. The smallest absolute Gasteiger partial charge is 0.343 e. The Bertz CT molecular complexity index is 1090. The van der Waals surface area contributed by atoms with Gasteiger partial charge in [-0.25, -0.2) is 9.78 Å². The molecule has 0 aliphatic rings. The van der Waals surface area contributed by atoms with Gasteiger partial charge in [0.15, 0.2) is 11.6 Å². The maximum atomic E-state index is 12.2. The molecule has 0 radical (unpaired) electrons. The van der Waals surface area contributed by atoms with E-state index in [0.717, 1.165) is 5.56 Å². The van der Waals surface area contributed by atoms with Gasteiger partial charge >= 0.3 is 5.97 Å². The number of ether oxygens (including phenoxy) is 2. The lowest BCUT2D eigenvalue weighted by Crippen LogP contribution is -2.16. The lowest BCUT2D eigenvalue weighted by Gasteiger charge is -2.11. The Morgan fingerprint density at radius 2 is 2.14 bits per heavy atom. The zero-order valence-corrected chi connectivity index (χ0v) is 17.5. The minimum atomic E-state index is -0.465. The summed E-state index contributed by atoms with van der Waals surface area (Å²) in [4.78, 5) is 40.4. The number of fused-ring (bicyclic) bond motifs is 1. The molecule has 1 amide bonds. The van der Waals surface area contributed by atoms with Crippen LogP contribution in [0, 0.1) is 6.92 Å². The fraction of sp³-hybridized carbons (Fsp3) is 0.263. The van der Waals surface area contributed by atoms with Gasteiger partial charge in [0.05, 0.1) is 18.6 Å². The highest BCUT2D eigenvalue weighted by Gasteiger charge is 2.09. The first kappa shape index (κ1) is 20.9.